The van der Waals surface area contributed by atoms with Crippen molar-refractivity contribution in [2.45, 2.75) is 26.7 Å². The summed E-state index contributed by atoms with van der Waals surface area (Å²) in [6.45, 7) is 5.92. The van der Waals surface area contributed by atoms with Gasteiger partial charge in [0.2, 0.25) is 0 Å². The molecule has 0 fully saturated rings. The van der Waals surface area contributed by atoms with E-state index in [1.54, 1.807) is 18.2 Å². The second-order valence-electron chi connectivity index (χ2n) is 5.61. The van der Waals surface area contributed by atoms with Gasteiger partial charge in [-0.3, -0.25) is 4.79 Å². The quantitative estimate of drug-likeness (QED) is 0.778. The molecule has 3 nitrogen and oxygen atoms in total. The minimum atomic E-state index is -0.264. The molecule has 0 aliphatic heterocycles. The fourth-order valence-corrected chi connectivity index (χ4v) is 2.49. The smallest absolute Gasteiger partial charge is 0.262 e. The predicted molar refractivity (Wildman–Crippen MR) is 95.9 cm³/mol. The van der Waals surface area contributed by atoms with Gasteiger partial charge in [0.25, 0.3) is 5.91 Å². The molecule has 1 amide bonds. The van der Waals surface area contributed by atoms with Crippen molar-refractivity contribution >= 4 is 34.8 Å². The zero-order chi connectivity index (χ0) is 17.0. The molecular weight excluding hydrogens is 333 g/mol. The van der Waals surface area contributed by atoms with Gasteiger partial charge < -0.3 is 10.1 Å². The van der Waals surface area contributed by atoms with Gasteiger partial charge in [0.1, 0.15) is 5.75 Å². The summed E-state index contributed by atoms with van der Waals surface area (Å²) in [5.74, 6) is 0.659. The molecular formula is C18H19Cl2NO2. The summed E-state index contributed by atoms with van der Waals surface area (Å²) >= 11 is 12.2. The lowest BCUT2D eigenvalue weighted by Gasteiger charge is -2.16. The molecule has 0 heterocycles. The predicted octanol–water partition coefficient (Wildman–Crippen LogP) is 5.44. The second-order valence-corrected chi connectivity index (χ2v) is 6.43. The van der Waals surface area contributed by atoms with Crippen LogP contribution in [0.25, 0.3) is 0 Å². The van der Waals surface area contributed by atoms with Gasteiger partial charge in [0.15, 0.2) is 6.61 Å². The molecule has 0 radical (unpaired) electrons. The van der Waals surface area contributed by atoms with Crippen LogP contribution in [0.1, 0.15) is 30.9 Å². The van der Waals surface area contributed by atoms with E-state index < -0.39 is 0 Å². The van der Waals surface area contributed by atoms with E-state index in [4.69, 9.17) is 27.9 Å². The van der Waals surface area contributed by atoms with E-state index >= 15 is 0 Å². The van der Waals surface area contributed by atoms with E-state index in [1.807, 2.05) is 25.1 Å². The summed E-state index contributed by atoms with van der Waals surface area (Å²) < 4.78 is 5.69. The standard InChI is InChI=1S/C18H19Cl2NO2/c1-11(2)13-9-15(20)12(3)8-17(13)23-10-18(22)21-16-7-5-4-6-14(16)19/h4-9,11H,10H2,1-3H3,(H,21,22). The van der Waals surface area contributed by atoms with Gasteiger partial charge in [-0.2, -0.15) is 0 Å². The number of para-hydroxylation sites is 1. The zero-order valence-electron chi connectivity index (χ0n) is 13.3. The molecule has 0 saturated carbocycles. The number of anilines is 1. The van der Waals surface area contributed by atoms with Crippen LogP contribution in [0.4, 0.5) is 5.69 Å². The normalized spacial score (nSPS) is 10.7. The van der Waals surface area contributed by atoms with Crippen molar-refractivity contribution in [3.8, 4) is 5.75 Å². The van der Waals surface area contributed by atoms with Crippen molar-refractivity contribution in [3.05, 3.63) is 57.6 Å². The first-order valence-electron chi connectivity index (χ1n) is 7.35. The van der Waals surface area contributed by atoms with E-state index in [1.165, 1.54) is 0 Å². The fraction of sp³-hybridized carbons (Fsp3) is 0.278. The molecule has 0 atom stereocenters. The molecule has 2 rings (SSSR count). The van der Waals surface area contributed by atoms with Crippen LogP contribution in [0.15, 0.2) is 36.4 Å². The summed E-state index contributed by atoms with van der Waals surface area (Å²) in [7, 11) is 0. The van der Waals surface area contributed by atoms with Crippen LogP contribution in [-0.4, -0.2) is 12.5 Å². The van der Waals surface area contributed by atoms with Crippen LogP contribution >= 0.6 is 23.2 Å². The molecule has 0 aromatic heterocycles. The summed E-state index contributed by atoms with van der Waals surface area (Å²) in [5.41, 5.74) is 2.46. The van der Waals surface area contributed by atoms with Gasteiger partial charge in [-0.1, -0.05) is 49.2 Å². The Kier molecular flexibility index (Phi) is 5.91. The highest BCUT2D eigenvalue weighted by atomic mass is 35.5. The lowest BCUT2D eigenvalue weighted by atomic mass is 10.0. The van der Waals surface area contributed by atoms with Gasteiger partial charge in [-0.25, -0.2) is 0 Å². The third-order valence-corrected chi connectivity index (χ3v) is 4.16. The number of nitrogens with one attached hydrogen (secondary N) is 1. The number of aryl methyl sites for hydroxylation is 1. The zero-order valence-corrected chi connectivity index (χ0v) is 14.8. The first kappa shape index (κ1) is 17.6. The molecule has 2 aromatic rings. The molecule has 0 saturated heterocycles. The lowest BCUT2D eigenvalue weighted by molar-refractivity contribution is -0.118. The highest BCUT2D eigenvalue weighted by Crippen LogP contribution is 2.32. The number of amides is 1. The fourth-order valence-electron chi connectivity index (χ4n) is 2.14. The van der Waals surface area contributed by atoms with E-state index in [0.717, 1.165) is 11.1 Å². The summed E-state index contributed by atoms with van der Waals surface area (Å²) in [6.07, 6.45) is 0. The van der Waals surface area contributed by atoms with Crippen molar-refractivity contribution in [1.29, 1.82) is 0 Å². The first-order chi connectivity index (χ1) is 10.9. The number of halogens is 2. The Hall–Kier alpha value is -1.71. The van der Waals surface area contributed by atoms with E-state index in [0.29, 0.717) is 21.5 Å². The molecule has 23 heavy (non-hydrogen) atoms. The minimum absolute atomic E-state index is 0.0913. The number of rotatable bonds is 5. The van der Waals surface area contributed by atoms with E-state index in [9.17, 15) is 4.79 Å². The minimum Gasteiger partial charge on any atom is -0.483 e. The number of benzene rings is 2. The molecule has 0 spiro atoms. The number of hydrogen-bond acceptors (Lipinski definition) is 2. The Labute approximate surface area is 146 Å². The Morgan fingerprint density at radius 1 is 1.17 bits per heavy atom. The topological polar surface area (TPSA) is 38.3 Å². The maximum atomic E-state index is 12.1. The first-order valence-corrected chi connectivity index (χ1v) is 8.11. The highest BCUT2D eigenvalue weighted by molar-refractivity contribution is 6.33. The van der Waals surface area contributed by atoms with Crippen LogP contribution in [0.2, 0.25) is 10.0 Å². The number of carbonyl (C=O) groups is 1. The summed E-state index contributed by atoms with van der Waals surface area (Å²) in [4.78, 5) is 12.1. The van der Waals surface area contributed by atoms with Crippen LogP contribution in [0.3, 0.4) is 0 Å². The molecule has 0 bridgehead atoms. The SMILES string of the molecule is Cc1cc(OCC(=O)Nc2ccccc2Cl)c(C(C)C)cc1Cl. The molecule has 5 heteroatoms. The molecule has 1 N–H and O–H groups in total. The van der Waals surface area contributed by atoms with Crippen molar-refractivity contribution in [2.75, 3.05) is 11.9 Å². The molecule has 122 valence electrons. The summed E-state index contributed by atoms with van der Waals surface area (Å²) in [5, 5.41) is 3.92. The maximum absolute atomic E-state index is 12.1. The van der Waals surface area contributed by atoms with Crippen LogP contribution in [0.5, 0.6) is 5.75 Å². The van der Waals surface area contributed by atoms with Crippen molar-refractivity contribution < 1.29 is 9.53 Å². The van der Waals surface area contributed by atoms with Gasteiger partial charge in [0, 0.05) is 5.02 Å². The van der Waals surface area contributed by atoms with Gasteiger partial charge in [0.05, 0.1) is 10.7 Å². The Morgan fingerprint density at radius 3 is 2.52 bits per heavy atom. The second kappa shape index (κ2) is 7.71. The number of ether oxygens (including phenoxy) is 1. The Bertz CT molecular complexity index is 714. The Morgan fingerprint density at radius 2 is 1.87 bits per heavy atom. The Balaban J connectivity index is 2.07. The third-order valence-electron chi connectivity index (χ3n) is 3.42. The van der Waals surface area contributed by atoms with Gasteiger partial charge >= 0.3 is 0 Å². The third kappa shape index (κ3) is 4.63. The van der Waals surface area contributed by atoms with Gasteiger partial charge in [-0.05, 0) is 48.2 Å². The van der Waals surface area contributed by atoms with Crippen LogP contribution < -0.4 is 10.1 Å². The lowest BCUT2D eigenvalue weighted by Crippen LogP contribution is -2.20. The largest absolute Gasteiger partial charge is 0.483 e. The highest BCUT2D eigenvalue weighted by Gasteiger charge is 2.13. The van der Waals surface area contributed by atoms with Crippen molar-refractivity contribution in [2.24, 2.45) is 0 Å². The van der Waals surface area contributed by atoms with Crippen molar-refractivity contribution in [1.82, 2.24) is 0 Å². The van der Waals surface area contributed by atoms with E-state index in [-0.39, 0.29) is 18.4 Å². The average molecular weight is 352 g/mol. The molecule has 2 aromatic carbocycles. The maximum Gasteiger partial charge on any atom is 0.262 e. The summed E-state index contributed by atoms with van der Waals surface area (Å²) in [6, 6.07) is 10.8. The molecule has 0 unspecified atom stereocenters. The van der Waals surface area contributed by atoms with Crippen molar-refractivity contribution in [3.63, 3.8) is 0 Å². The van der Waals surface area contributed by atoms with E-state index in [2.05, 4.69) is 19.2 Å². The monoisotopic (exact) mass is 351 g/mol. The van der Waals surface area contributed by atoms with Crippen LogP contribution in [0, 0.1) is 6.92 Å². The van der Waals surface area contributed by atoms with Gasteiger partial charge in [-0.15, -0.1) is 0 Å². The number of carbonyl (C=O) groups excluding carboxylic acids is 1. The molecule has 0 aliphatic carbocycles. The molecule has 0 aliphatic rings. The van der Waals surface area contributed by atoms with Crippen LogP contribution in [-0.2, 0) is 4.79 Å². The average Bonchev–Trinajstić information content (AvgIpc) is 2.50. The number of hydrogen-bond donors (Lipinski definition) is 1.